The average Bonchev–Trinajstić information content (AvgIpc) is 3.59. The maximum absolute atomic E-state index is 15.0. The van der Waals surface area contributed by atoms with E-state index in [0.29, 0.717) is 24.4 Å². The molecule has 226 valence electrons. The van der Waals surface area contributed by atoms with Crippen LogP contribution in [0.15, 0.2) is 57.7 Å². The molecular weight excluding hydrogens is 588 g/mol. The highest BCUT2D eigenvalue weighted by molar-refractivity contribution is 6.36. The number of allylic oxidation sites excluding steroid dienone is 2. The van der Waals surface area contributed by atoms with E-state index in [-0.39, 0.29) is 56.5 Å². The fourth-order valence-corrected chi connectivity index (χ4v) is 7.63. The highest BCUT2D eigenvalue weighted by Crippen LogP contribution is 2.56. The Kier molecular flexibility index (Phi) is 6.23. The number of halogens is 1. The number of hydrogen-bond donors (Lipinski definition) is 1. The fourth-order valence-electron chi connectivity index (χ4n) is 7.36. The first-order valence-corrected chi connectivity index (χ1v) is 14.6. The van der Waals surface area contributed by atoms with Crippen LogP contribution in [-0.2, 0) is 27.3 Å². The highest BCUT2D eigenvalue weighted by atomic mass is 35.5. The second-order valence-electron chi connectivity index (χ2n) is 11.5. The van der Waals surface area contributed by atoms with E-state index in [0.717, 1.165) is 16.5 Å². The van der Waals surface area contributed by atoms with Gasteiger partial charge in [0, 0.05) is 41.1 Å². The normalized spacial score (nSPS) is 23.5. The average molecular weight is 617 g/mol. The summed E-state index contributed by atoms with van der Waals surface area (Å²) in [5.41, 5.74) is 1.03. The predicted octanol–water partition coefficient (Wildman–Crippen LogP) is 4.24. The molecule has 3 unspecified atom stereocenters. The van der Waals surface area contributed by atoms with E-state index in [1.165, 1.54) is 27.4 Å². The lowest BCUT2D eigenvalue weighted by Gasteiger charge is -2.42. The Labute approximate surface area is 257 Å². The van der Waals surface area contributed by atoms with E-state index in [1.807, 2.05) is 18.2 Å². The van der Waals surface area contributed by atoms with Gasteiger partial charge in [-0.05, 0) is 36.8 Å². The molecule has 0 amide bonds. The number of benzene rings is 2. The lowest BCUT2D eigenvalue weighted by Crippen LogP contribution is -2.58. The van der Waals surface area contributed by atoms with Crippen molar-refractivity contribution < 1.29 is 33.3 Å². The van der Waals surface area contributed by atoms with Crippen LogP contribution < -0.4 is 25.1 Å². The van der Waals surface area contributed by atoms with Crippen molar-refractivity contribution in [1.29, 1.82) is 0 Å². The molecule has 0 saturated heterocycles. The van der Waals surface area contributed by atoms with Crippen LogP contribution in [0.25, 0.3) is 10.9 Å². The lowest BCUT2D eigenvalue weighted by molar-refractivity contribution is -0.136. The number of rotatable bonds is 4. The Hall–Kier alpha value is -4.57. The molecule has 1 aliphatic carbocycles. The molecule has 44 heavy (non-hydrogen) atoms. The molecule has 3 aliphatic heterocycles. The topological polar surface area (TPSA) is 122 Å². The summed E-state index contributed by atoms with van der Waals surface area (Å²) >= 11 is 6.62. The van der Waals surface area contributed by atoms with E-state index in [2.05, 4.69) is 5.32 Å². The Morgan fingerprint density at radius 3 is 2.55 bits per heavy atom. The first-order valence-electron chi connectivity index (χ1n) is 14.3. The van der Waals surface area contributed by atoms with Gasteiger partial charge in [-0.1, -0.05) is 36.7 Å². The third-order valence-corrected chi connectivity index (χ3v) is 9.75. The van der Waals surface area contributed by atoms with Crippen molar-refractivity contribution in [2.45, 2.75) is 44.8 Å². The first kappa shape index (κ1) is 28.2. The second-order valence-corrected chi connectivity index (χ2v) is 11.9. The van der Waals surface area contributed by atoms with Crippen molar-refractivity contribution in [2.75, 3.05) is 21.3 Å². The van der Waals surface area contributed by atoms with E-state index in [9.17, 15) is 19.2 Å². The Balaban J connectivity index is 1.47. The summed E-state index contributed by atoms with van der Waals surface area (Å²) in [5.74, 6) is -3.38. The molecule has 4 heterocycles. The van der Waals surface area contributed by atoms with E-state index >= 15 is 0 Å². The number of Topliss-reactive ketones (excluding diaryl/α,β-unsaturated/α-hetero) is 2. The first-order chi connectivity index (χ1) is 21.1. The number of carbonyl (C=O) groups excluding carboxylic acids is 3. The van der Waals surface area contributed by atoms with Gasteiger partial charge in [0.15, 0.2) is 5.75 Å². The van der Waals surface area contributed by atoms with Crippen molar-refractivity contribution >= 4 is 40.0 Å². The predicted molar refractivity (Wildman–Crippen MR) is 161 cm³/mol. The summed E-state index contributed by atoms with van der Waals surface area (Å²) in [7, 11) is 4.06. The molecule has 0 radical (unpaired) electrons. The summed E-state index contributed by atoms with van der Waals surface area (Å²) in [5, 5.41) is 4.07. The van der Waals surface area contributed by atoms with Crippen LogP contribution in [-0.4, -0.2) is 49.0 Å². The number of ether oxygens (including phenoxy) is 4. The van der Waals surface area contributed by atoms with Gasteiger partial charge in [-0.3, -0.25) is 14.4 Å². The van der Waals surface area contributed by atoms with Gasteiger partial charge in [0.1, 0.15) is 22.1 Å². The number of nitrogens with zero attached hydrogens (tertiary/aromatic N) is 1. The monoisotopic (exact) mass is 616 g/mol. The van der Waals surface area contributed by atoms with Crippen LogP contribution in [0, 0.1) is 5.92 Å². The SMILES string of the molecule is COC(=O)C1=C(C)NC2=C(C(=O)C3(Oc4c(Cl)c(OC)cc(OC)c4C3=O)C(C)C2)C1c1cc2cccc3c2n(c1=O)CC3. The van der Waals surface area contributed by atoms with Gasteiger partial charge >= 0.3 is 5.97 Å². The number of esters is 1. The Bertz CT molecular complexity index is 1990. The molecule has 3 atom stereocenters. The molecule has 1 N–H and O–H groups in total. The molecule has 0 saturated carbocycles. The van der Waals surface area contributed by atoms with E-state index in [1.54, 1.807) is 24.5 Å². The minimum Gasteiger partial charge on any atom is -0.496 e. The number of nitrogens with one attached hydrogen (secondary N) is 1. The third kappa shape index (κ3) is 3.48. The number of aryl methyl sites for hydroxylation is 2. The van der Waals surface area contributed by atoms with Crippen molar-refractivity contribution in [2.24, 2.45) is 5.92 Å². The number of methoxy groups -OCH3 is 3. The van der Waals surface area contributed by atoms with Crippen LogP contribution >= 0.6 is 11.6 Å². The molecular formula is C33H29ClN2O8. The number of fused-ring (bicyclic) bond motifs is 1. The molecule has 2 aromatic carbocycles. The second kappa shape index (κ2) is 9.72. The van der Waals surface area contributed by atoms with Gasteiger partial charge < -0.3 is 28.8 Å². The molecule has 11 heteroatoms. The summed E-state index contributed by atoms with van der Waals surface area (Å²) in [6.07, 6.45) is 0.910. The van der Waals surface area contributed by atoms with Gasteiger partial charge in [-0.25, -0.2) is 4.79 Å². The number of para-hydroxylation sites is 1. The lowest BCUT2D eigenvalue weighted by atomic mass is 9.65. The summed E-state index contributed by atoms with van der Waals surface area (Å²) in [6, 6.07) is 9.04. The fraction of sp³-hybridized carbons (Fsp3) is 0.333. The zero-order valence-electron chi connectivity index (χ0n) is 24.8. The smallest absolute Gasteiger partial charge is 0.336 e. The van der Waals surface area contributed by atoms with Gasteiger partial charge in [0.2, 0.25) is 17.2 Å². The quantitative estimate of drug-likeness (QED) is 0.339. The van der Waals surface area contributed by atoms with Gasteiger partial charge in [-0.2, -0.15) is 0 Å². The van der Waals surface area contributed by atoms with Crippen molar-refractivity contribution in [3.63, 3.8) is 0 Å². The molecule has 7 rings (SSSR count). The van der Waals surface area contributed by atoms with Crippen LogP contribution in [0.1, 0.15) is 47.7 Å². The van der Waals surface area contributed by atoms with Crippen LogP contribution in [0.2, 0.25) is 5.02 Å². The number of aromatic nitrogens is 1. The minimum absolute atomic E-state index is 0.0103. The highest BCUT2D eigenvalue weighted by Gasteiger charge is 2.64. The molecule has 4 aliphatic rings. The van der Waals surface area contributed by atoms with Crippen molar-refractivity contribution in [1.82, 2.24) is 9.88 Å². The Morgan fingerprint density at radius 1 is 1.09 bits per heavy atom. The molecule has 1 aromatic heterocycles. The van der Waals surface area contributed by atoms with Gasteiger partial charge in [0.25, 0.3) is 5.56 Å². The molecule has 0 fully saturated rings. The standard InChI is InChI=1S/C33H29ClN2O8/c1-14-11-19-24(29(37)33(14)30(38)25-20(41-3)13-21(42-4)26(34)28(25)44-33)23(22(15(2)35-19)32(40)43-5)18-12-17-8-6-7-16-9-10-36(27(16)17)31(18)39/h6-8,12-14,23,35H,9-11H2,1-5H3. The minimum atomic E-state index is -2.02. The number of hydrogen-bond acceptors (Lipinski definition) is 9. The zero-order chi connectivity index (χ0) is 31.2. The molecule has 0 bridgehead atoms. The maximum Gasteiger partial charge on any atom is 0.336 e. The summed E-state index contributed by atoms with van der Waals surface area (Å²) in [4.78, 5) is 57.0. The van der Waals surface area contributed by atoms with Gasteiger partial charge in [-0.15, -0.1) is 0 Å². The van der Waals surface area contributed by atoms with Crippen molar-refractivity contribution in [3.8, 4) is 17.2 Å². The number of pyridine rings is 1. The summed E-state index contributed by atoms with van der Waals surface area (Å²) < 4.78 is 24.1. The van der Waals surface area contributed by atoms with E-state index in [4.69, 9.17) is 30.5 Å². The van der Waals surface area contributed by atoms with Crippen LogP contribution in [0.5, 0.6) is 17.2 Å². The van der Waals surface area contributed by atoms with Crippen molar-refractivity contribution in [3.05, 3.63) is 84.9 Å². The number of ketones is 2. The third-order valence-electron chi connectivity index (χ3n) is 9.39. The van der Waals surface area contributed by atoms with E-state index < -0.39 is 35.0 Å². The Morgan fingerprint density at radius 2 is 1.84 bits per heavy atom. The number of dihydropyridines is 1. The van der Waals surface area contributed by atoms with Gasteiger partial charge in [0.05, 0.1) is 38.3 Å². The van der Waals surface area contributed by atoms with Crippen LogP contribution in [0.3, 0.4) is 0 Å². The zero-order valence-corrected chi connectivity index (χ0v) is 25.5. The molecule has 1 spiro atoms. The molecule has 3 aromatic rings. The summed E-state index contributed by atoms with van der Waals surface area (Å²) in [6.45, 7) is 3.94. The number of carbonyl (C=O) groups is 3. The largest absolute Gasteiger partial charge is 0.496 e. The maximum atomic E-state index is 15.0. The molecule has 10 nitrogen and oxygen atoms in total. The van der Waals surface area contributed by atoms with Crippen LogP contribution in [0.4, 0.5) is 0 Å².